The Kier molecular flexibility index (Phi) is 4.60. The first kappa shape index (κ1) is 16.9. The number of aryl methyl sites for hydroxylation is 1. The first-order valence-electron chi connectivity index (χ1n) is 8.16. The molecule has 2 atom stereocenters. The number of nitrogens with zero attached hydrogens (tertiary/aromatic N) is 4. The highest BCUT2D eigenvalue weighted by atomic mass is 16.5. The Hall–Kier alpha value is -1.93. The third-order valence-electron chi connectivity index (χ3n) is 5.07. The summed E-state index contributed by atoms with van der Waals surface area (Å²) < 4.78 is 7.32. The van der Waals surface area contributed by atoms with Crippen molar-refractivity contribution < 1.29 is 19.4 Å². The van der Waals surface area contributed by atoms with E-state index in [2.05, 4.69) is 5.10 Å². The molecule has 8 heteroatoms. The van der Waals surface area contributed by atoms with Crippen molar-refractivity contribution in [1.29, 1.82) is 0 Å². The van der Waals surface area contributed by atoms with Gasteiger partial charge in [-0.15, -0.1) is 0 Å². The average Bonchev–Trinajstić information content (AvgIpc) is 3.17. The zero-order valence-electron chi connectivity index (χ0n) is 14.1. The zero-order valence-corrected chi connectivity index (χ0v) is 14.1. The Balaban J connectivity index is 1.64. The molecular formula is C16H24N4O4. The summed E-state index contributed by atoms with van der Waals surface area (Å²) in [4.78, 5) is 27.6. The van der Waals surface area contributed by atoms with Crippen molar-refractivity contribution in [3.05, 3.63) is 18.0 Å². The molecular weight excluding hydrogens is 312 g/mol. The van der Waals surface area contributed by atoms with E-state index in [1.165, 1.54) is 0 Å². The van der Waals surface area contributed by atoms with E-state index in [1.54, 1.807) is 9.58 Å². The van der Waals surface area contributed by atoms with Gasteiger partial charge in [-0.3, -0.25) is 19.2 Å². The van der Waals surface area contributed by atoms with Crippen LogP contribution in [0, 0.1) is 11.3 Å². The quantitative estimate of drug-likeness (QED) is 0.750. The molecule has 1 aromatic rings. The lowest BCUT2D eigenvalue weighted by atomic mass is 9.79. The molecule has 8 nitrogen and oxygen atoms in total. The Morgan fingerprint density at radius 2 is 2.33 bits per heavy atom. The molecule has 0 spiro atoms. The molecule has 2 fully saturated rings. The molecule has 2 aliphatic heterocycles. The molecule has 3 rings (SSSR count). The van der Waals surface area contributed by atoms with E-state index in [9.17, 15) is 9.59 Å². The van der Waals surface area contributed by atoms with Gasteiger partial charge in [-0.05, 0) is 12.0 Å². The van der Waals surface area contributed by atoms with E-state index >= 15 is 0 Å². The van der Waals surface area contributed by atoms with E-state index in [1.807, 2.05) is 31.4 Å². The summed E-state index contributed by atoms with van der Waals surface area (Å²) in [5.74, 6) is -0.726. The van der Waals surface area contributed by atoms with E-state index in [0.717, 1.165) is 12.0 Å². The van der Waals surface area contributed by atoms with Crippen LogP contribution in [0.25, 0.3) is 0 Å². The number of aromatic nitrogens is 2. The number of amides is 1. The fourth-order valence-corrected chi connectivity index (χ4v) is 3.83. The van der Waals surface area contributed by atoms with Gasteiger partial charge in [-0.2, -0.15) is 5.10 Å². The van der Waals surface area contributed by atoms with E-state index < -0.39 is 11.4 Å². The van der Waals surface area contributed by atoms with Crippen molar-refractivity contribution in [3.8, 4) is 0 Å². The Bertz CT molecular complexity index is 631. The number of ether oxygens (including phenoxy) is 1. The monoisotopic (exact) mass is 336 g/mol. The van der Waals surface area contributed by atoms with Gasteiger partial charge in [-0.25, -0.2) is 0 Å². The minimum Gasteiger partial charge on any atom is -0.480 e. The lowest BCUT2D eigenvalue weighted by Gasteiger charge is -2.31. The largest absolute Gasteiger partial charge is 0.480 e. The van der Waals surface area contributed by atoms with Crippen LogP contribution < -0.4 is 0 Å². The normalized spacial score (nSPS) is 26.5. The molecule has 0 saturated carbocycles. The number of hydrogen-bond donors (Lipinski definition) is 1. The van der Waals surface area contributed by atoms with Crippen LogP contribution in [0.3, 0.4) is 0 Å². The third-order valence-corrected chi connectivity index (χ3v) is 5.07. The topological polar surface area (TPSA) is 87.9 Å². The molecule has 0 bridgehead atoms. The van der Waals surface area contributed by atoms with Crippen LogP contribution in [0.1, 0.15) is 5.56 Å². The number of fused-ring (bicyclic) bond motifs is 1. The lowest BCUT2D eigenvalue weighted by Crippen LogP contribution is -2.48. The maximum atomic E-state index is 13.1. The first-order valence-corrected chi connectivity index (χ1v) is 8.16. The van der Waals surface area contributed by atoms with Gasteiger partial charge in [-0.1, -0.05) is 0 Å². The molecule has 24 heavy (non-hydrogen) atoms. The van der Waals surface area contributed by atoms with E-state index in [4.69, 9.17) is 9.84 Å². The average molecular weight is 336 g/mol. The van der Waals surface area contributed by atoms with Crippen LogP contribution >= 0.6 is 0 Å². The minimum absolute atomic E-state index is 0.0229. The van der Waals surface area contributed by atoms with Gasteiger partial charge < -0.3 is 14.7 Å². The van der Waals surface area contributed by atoms with Crippen LogP contribution in [0.2, 0.25) is 0 Å². The van der Waals surface area contributed by atoms with Gasteiger partial charge >= 0.3 is 5.97 Å². The summed E-state index contributed by atoms with van der Waals surface area (Å²) in [6.07, 6.45) is 4.50. The van der Waals surface area contributed by atoms with Gasteiger partial charge in [0.1, 0.15) is 0 Å². The van der Waals surface area contributed by atoms with Crippen molar-refractivity contribution >= 4 is 11.9 Å². The van der Waals surface area contributed by atoms with Gasteiger partial charge in [0, 0.05) is 45.8 Å². The molecule has 1 amide bonds. The molecule has 2 aliphatic rings. The maximum absolute atomic E-state index is 13.1. The number of aliphatic carboxylic acids is 1. The number of rotatable bonds is 6. The molecule has 2 saturated heterocycles. The number of carboxylic acid groups (broad SMARTS) is 1. The second kappa shape index (κ2) is 6.52. The van der Waals surface area contributed by atoms with Crippen molar-refractivity contribution in [2.45, 2.75) is 6.42 Å². The van der Waals surface area contributed by atoms with E-state index in [-0.39, 0.29) is 18.4 Å². The minimum atomic E-state index is -0.858. The molecule has 0 unspecified atom stereocenters. The summed E-state index contributed by atoms with van der Waals surface area (Å²) in [6, 6.07) is 0. The van der Waals surface area contributed by atoms with Crippen molar-refractivity contribution in [2.24, 2.45) is 18.4 Å². The van der Waals surface area contributed by atoms with Gasteiger partial charge in [0.05, 0.1) is 31.4 Å². The summed E-state index contributed by atoms with van der Waals surface area (Å²) >= 11 is 0. The van der Waals surface area contributed by atoms with Gasteiger partial charge in [0.15, 0.2) is 0 Å². The summed E-state index contributed by atoms with van der Waals surface area (Å²) in [7, 11) is 3.68. The number of likely N-dealkylation sites (tertiary alicyclic amines) is 1. The highest BCUT2D eigenvalue weighted by Gasteiger charge is 2.56. The highest BCUT2D eigenvalue weighted by molar-refractivity contribution is 5.84. The lowest BCUT2D eigenvalue weighted by molar-refractivity contribution is -0.143. The molecule has 1 N–H and O–H groups in total. The van der Waals surface area contributed by atoms with Crippen LogP contribution in [0.15, 0.2) is 12.4 Å². The van der Waals surface area contributed by atoms with E-state index in [0.29, 0.717) is 32.8 Å². The molecule has 3 heterocycles. The van der Waals surface area contributed by atoms with Crippen LogP contribution in [-0.2, 0) is 27.8 Å². The zero-order chi connectivity index (χ0) is 17.3. The number of carbonyl (C=O) groups is 2. The molecule has 0 radical (unpaired) electrons. The summed E-state index contributed by atoms with van der Waals surface area (Å²) in [6.45, 7) is 2.56. The maximum Gasteiger partial charge on any atom is 0.317 e. The summed E-state index contributed by atoms with van der Waals surface area (Å²) in [5.41, 5.74) is 0.492. The first-order chi connectivity index (χ1) is 11.4. The van der Waals surface area contributed by atoms with Crippen LogP contribution in [0.4, 0.5) is 0 Å². The van der Waals surface area contributed by atoms with Gasteiger partial charge in [0.25, 0.3) is 0 Å². The van der Waals surface area contributed by atoms with Crippen LogP contribution in [-0.4, -0.2) is 83.0 Å². The van der Waals surface area contributed by atoms with Crippen molar-refractivity contribution in [2.75, 3.05) is 46.4 Å². The second-order valence-electron chi connectivity index (χ2n) is 6.93. The predicted molar refractivity (Wildman–Crippen MR) is 85.4 cm³/mol. The number of carbonyl (C=O) groups excluding carboxylic acids is 1. The molecule has 0 aliphatic carbocycles. The third kappa shape index (κ3) is 3.16. The Morgan fingerprint density at radius 1 is 1.54 bits per heavy atom. The van der Waals surface area contributed by atoms with Crippen molar-refractivity contribution in [3.63, 3.8) is 0 Å². The van der Waals surface area contributed by atoms with Crippen LogP contribution in [0.5, 0.6) is 0 Å². The Labute approximate surface area is 141 Å². The molecule has 0 aromatic carbocycles. The second-order valence-corrected chi connectivity index (χ2v) is 6.93. The molecule has 1 aromatic heterocycles. The standard InChI is InChI=1S/C16H24N4O4/c1-18(4-3-12-5-17-19(2)6-12)15(23)16-10-20(8-14(21)22)7-13(16)9-24-11-16/h5-6,13H,3-4,7-11H2,1-2H3,(H,21,22)/t13-,16-/m1/s1. The Morgan fingerprint density at radius 3 is 3.00 bits per heavy atom. The number of likely N-dealkylation sites (N-methyl/N-ethyl adjacent to an activating group) is 1. The van der Waals surface area contributed by atoms with Gasteiger partial charge in [0.2, 0.25) is 5.91 Å². The fraction of sp³-hybridized carbons (Fsp3) is 0.688. The SMILES string of the molecule is CN(CCc1cnn(C)c1)C(=O)[C@]12COC[C@H]1CN(CC(=O)O)C2. The highest BCUT2D eigenvalue weighted by Crippen LogP contribution is 2.42. The summed E-state index contributed by atoms with van der Waals surface area (Å²) in [5, 5.41) is 13.1. The number of hydrogen-bond acceptors (Lipinski definition) is 5. The fourth-order valence-electron chi connectivity index (χ4n) is 3.83. The molecule has 132 valence electrons. The number of carboxylic acids is 1. The predicted octanol–water partition coefficient (Wildman–Crippen LogP) is -0.546. The smallest absolute Gasteiger partial charge is 0.317 e. The van der Waals surface area contributed by atoms with Crippen molar-refractivity contribution in [1.82, 2.24) is 19.6 Å².